The molecule has 0 aromatic heterocycles. The summed E-state index contributed by atoms with van der Waals surface area (Å²) in [5.41, 5.74) is 5.67. The standard InChI is InChI=1S/2C24H17Br2NO5.BrH/c2*1-12(28)32-9-8-13-10-19(17(26)11-16(13)25)27-18-6-7-20(29)22-21(18)23(30)14-4-2-3-5-15(14)24(22)31;/h2*2-7,10-11,27,29H,8-9H2,1H3;1H. The van der Waals surface area contributed by atoms with Gasteiger partial charge >= 0.3 is 11.9 Å². The van der Waals surface area contributed by atoms with Crippen LogP contribution in [0.15, 0.2) is 115 Å². The van der Waals surface area contributed by atoms with Crippen LogP contribution in [0.3, 0.4) is 0 Å². The molecule has 6 aromatic rings. The molecule has 0 saturated carbocycles. The Morgan fingerprint density at radius 2 is 0.954 bits per heavy atom. The number of anilines is 2. The quantitative estimate of drug-likeness (QED) is 0.0636. The monoisotopic (exact) mass is 1190 g/mol. The minimum atomic E-state index is -0.395. The molecule has 5 N–H and O–H groups in total. The molecular weight excluding hydrogens is 1160 g/mol. The minimum absolute atomic E-state index is 0. The maximum absolute atomic E-state index is 13.3. The molecule has 332 valence electrons. The topological polar surface area (TPSA) is 190 Å². The summed E-state index contributed by atoms with van der Waals surface area (Å²) in [6.45, 7) is 3.19. The van der Waals surface area contributed by atoms with Crippen LogP contribution in [0.1, 0.15) is 88.7 Å². The number of hydrogen-bond acceptors (Lipinski definition) is 11. The number of halogens is 5. The maximum Gasteiger partial charge on any atom is 0.302 e. The number of rotatable bonds is 10. The zero-order valence-electron chi connectivity index (χ0n) is 34.2. The first-order chi connectivity index (χ1) is 30.5. The van der Waals surface area contributed by atoms with E-state index in [4.69, 9.17) is 9.47 Å². The first-order valence-electron chi connectivity index (χ1n) is 19.5. The number of esters is 2. The number of carbonyl (C=O) groups excluding carboxylic acids is 6. The lowest BCUT2D eigenvalue weighted by Crippen LogP contribution is -3.00. The highest BCUT2D eigenvalue weighted by Crippen LogP contribution is 2.41. The van der Waals surface area contributed by atoms with E-state index in [1.807, 2.05) is 24.3 Å². The average molecular weight is 1200 g/mol. The second kappa shape index (κ2) is 20.9. The van der Waals surface area contributed by atoms with Gasteiger partial charge < -0.3 is 42.0 Å². The fourth-order valence-electron chi connectivity index (χ4n) is 7.38. The molecule has 12 nitrogen and oxygen atoms in total. The smallest absolute Gasteiger partial charge is 0.302 e. The Kier molecular flexibility index (Phi) is 15.8. The minimum Gasteiger partial charge on any atom is -1.00 e. The van der Waals surface area contributed by atoms with Crippen LogP contribution in [0, 0.1) is 0 Å². The summed E-state index contributed by atoms with van der Waals surface area (Å²) in [7, 11) is 0. The molecule has 65 heavy (non-hydrogen) atoms. The molecule has 17 heteroatoms. The van der Waals surface area contributed by atoms with E-state index in [-0.39, 0.29) is 104 Å². The normalized spacial score (nSPS) is 12.1. The lowest BCUT2D eigenvalue weighted by molar-refractivity contribution is -0.479. The number of quaternary nitrogens is 1. The number of hydrogen-bond donors (Lipinski definition) is 4. The number of ketones is 4. The summed E-state index contributed by atoms with van der Waals surface area (Å²) < 4.78 is 13.3. The van der Waals surface area contributed by atoms with Crippen molar-refractivity contribution in [2.75, 3.05) is 18.5 Å². The number of nitrogens with one attached hydrogen (secondary N) is 1. The number of ether oxygens (including phenoxy) is 2. The van der Waals surface area contributed by atoms with Crippen LogP contribution in [-0.2, 0) is 31.9 Å². The molecule has 0 spiro atoms. The highest BCUT2D eigenvalue weighted by atomic mass is 79.9. The van der Waals surface area contributed by atoms with E-state index in [2.05, 4.69) is 69.0 Å². The van der Waals surface area contributed by atoms with Crippen LogP contribution in [-0.4, -0.2) is 58.5 Å². The number of phenolic OH excluding ortho intramolecular Hbond substituents is 2. The highest BCUT2D eigenvalue weighted by molar-refractivity contribution is 9.11. The van der Waals surface area contributed by atoms with Gasteiger partial charge in [0.1, 0.15) is 22.9 Å². The third kappa shape index (κ3) is 10.4. The number of benzene rings is 6. The predicted octanol–water partition coefficient (Wildman–Crippen LogP) is 6.87. The zero-order chi connectivity index (χ0) is 46.0. The molecule has 8 rings (SSSR count). The van der Waals surface area contributed by atoms with Crippen molar-refractivity contribution in [3.63, 3.8) is 0 Å². The Labute approximate surface area is 416 Å². The molecule has 2 aliphatic carbocycles. The molecule has 0 radical (unpaired) electrons. The Morgan fingerprint density at radius 3 is 1.46 bits per heavy atom. The van der Waals surface area contributed by atoms with Gasteiger partial charge in [0.15, 0.2) is 17.3 Å². The van der Waals surface area contributed by atoms with Crippen LogP contribution < -0.4 is 27.6 Å². The van der Waals surface area contributed by atoms with Crippen molar-refractivity contribution in [1.82, 2.24) is 0 Å². The molecule has 0 bridgehead atoms. The summed E-state index contributed by atoms with van der Waals surface area (Å²) in [4.78, 5) is 74.7. The lowest BCUT2D eigenvalue weighted by atomic mass is 9.82. The molecule has 0 unspecified atom stereocenters. The van der Waals surface area contributed by atoms with E-state index in [9.17, 15) is 39.0 Å². The van der Waals surface area contributed by atoms with E-state index < -0.39 is 5.78 Å². The SMILES string of the molecule is CC(=O)OCCc1cc(Nc2ccc(O)c3c2C(=O)c2ccccc2C3=O)c(Br)cc1Br.CC(=O)OCCc1cc([NH2+]c2ccc(O)c3c2C(=O)c2ccccc2C3=O)c(Br)cc1Br.[Br-]. The van der Waals surface area contributed by atoms with Crippen molar-refractivity contribution in [2.45, 2.75) is 26.7 Å². The highest BCUT2D eigenvalue weighted by Gasteiger charge is 2.36. The largest absolute Gasteiger partial charge is 1.00 e. The van der Waals surface area contributed by atoms with Gasteiger partial charge in [0.05, 0.1) is 51.3 Å². The van der Waals surface area contributed by atoms with Gasteiger partial charge in [-0.15, -0.1) is 0 Å². The van der Waals surface area contributed by atoms with Crippen LogP contribution in [0.2, 0.25) is 0 Å². The van der Waals surface area contributed by atoms with Crippen LogP contribution >= 0.6 is 63.7 Å². The average Bonchev–Trinajstić information content (AvgIpc) is 3.26. The number of aromatic hydroxyl groups is 2. The summed E-state index contributed by atoms with van der Waals surface area (Å²) in [5, 5.41) is 25.8. The molecule has 0 saturated heterocycles. The summed E-state index contributed by atoms with van der Waals surface area (Å²) in [6.07, 6.45) is 0.993. The molecule has 0 heterocycles. The number of nitrogens with two attached hydrogens (primary N) is 1. The Hall–Kier alpha value is -5.30. The molecule has 0 aliphatic heterocycles. The second-order valence-corrected chi connectivity index (χ2v) is 18.0. The molecule has 2 aliphatic rings. The maximum atomic E-state index is 13.3. The van der Waals surface area contributed by atoms with Crippen molar-refractivity contribution in [3.8, 4) is 11.5 Å². The van der Waals surface area contributed by atoms with Gasteiger partial charge in [-0.05, 0) is 79.4 Å². The number of carbonyl (C=O) groups is 6. The van der Waals surface area contributed by atoms with Gasteiger partial charge in [-0.25, -0.2) is 0 Å². The van der Waals surface area contributed by atoms with Crippen LogP contribution in [0.4, 0.5) is 22.7 Å². The number of phenols is 2. The fraction of sp³-hybridized carbons (Fsp3) is 0.125. The molecule has 0 fully saturated rings. The second-order valence-electron chi connectivity index (χ2n) is 14.6. The third-order valence-electron chi connectivity index (χ3n) is 10.4. The summed E-state index contributed by atoms with van der Waals surface area (Å²) in [6, 6.07) is 26.7. The summed E-state index contributed by atoms with van der Waals surface area (Å²) >= 11 is 14.1. The van der Waals surface area contributed by atoms with Crippen molar-refractivity contribution in [1.29, 1.82) is 0 Å². The lowest BCUT2D eigenvalue weighted by Gasteiger charge is -2.22. The third-order valence-corrected chi connectivity index (χ3v) is 13.2. The van der Waals surface area contributed by atoms with E-state index in [0.717, 1.165) is 34.7 Å². The van der Waals surface area contributed by atoms with Crippen molar-refractivity contribution in [3.05, 3.63) is 171 Å². The van der Waals surface area contributed by atoms with Gasteiger partial charge in [0.25, 0.3) is 0 Å². The van der Waals surface area contributed by atoms with E-state index in [1.165, 1.54) is 26.0 Å². The fourth-order valence-corrected chi connectivity index (χ4v) is 9.98. The zero-order valence-corrected chi connectivity index (χ0v) is 42.1. The Morgan fingerprint density at radius 1 is 0.523 bits per heavy atom. The molecule has 6 aromatic carbocycles. The predicted molar refractivity (Wildman–Crippen MR) is 252 cm³/mol. The first kappa shape index (κ1) is 49.1. The number of fused-ring (bicyclic) bond motifs is 4. The van der Waals surface area contributed by atoms with E-state index in [1.54, 1.807) is 66.0 Å². The van der Waals surface area contributed by atoms with Crippen molar-refractivity contribution < 1.29 is 70.8 Å². The van der Waals surface area contributed by atoms with Gasteiger partial charge in [-0.2, -0.15) is 0 Å². The van der Waals surface area contributed by atoms with Crippen LogP contribution in [0.5, 0.6) is 11.5 Å². The van der Waals surface area contributed by atoms with Gasteiger partial charge in [-0.3, -0.25) is 34.1 Å². The molecule has 0 amide bonds. The van der Waals surface area contributed by atoms with Gasteiger partial charge in [0, 0.05) is 74.5 Å². The Bertz CT molecular complexity index is 2770. The molecule has 0 atom stereocenters. The van der Waals surface area contributed by atoms with Crippen molar-refractivity contribution in [2.24, 2.45) is 0 Å². The molecular formula is C48H35Br5N2O10. The summed E-state index contributed by atoms with van der Waals surface area (Å²) in [5.74, 6) is -2.57. The van der Waals surface area contributed by atoms with E-state index in [0.29, 0.717) is 41.0 Å². The Balaban J connectivity index is 0.000000212. The first-order valence-corrected chi connectivity index (χ1v) is 22.7. The van der Waals surface area contributed by atoms with Gasteiger partial charge in [-0.1, -0.05) is 80.4 Å². The van der Waals surface area contributed by atoms with Crippen LogP contribution in [0.25, 0.3) is 0 Å². The van der Waals surface area contributed by atoms with E-state index >= 15 is 0 Å². The van der Waals surface area contributed by atoms with Crippen molar-refractivity contribution >= 4 is 122 Å². The van der Waals surface area contributed by atoms with Gasteiger partial charge in [0.2, 0.25) is 5.78 Å².